The first kappa shape index (κ1) is 16.9. The molecule has 0 saturated carbocycles. The van der Waals surface area contributed by atoms with Gasteiger partial charge in [0.2, 0.25) is 5.91 Å². The molecule has 1 amide bonds. The van der Waals surface area contributed by atoms with Crippen LogP contribution < -0.4 is 5.32 Å². The average Bonchev–Trinajstić information content (AvgIpc) is 2.57. The highest BCUT2D eigenvalue weighted by molar-refractivity contribution is 5.92. The average molecular weight is 295 g/mol. The van der Waals surface area contributed by atoms with Gasteiger partial charge in [0.15, 0.2) is 0 Å². The smallest absolute Gasteiger partial charge is 0.306 e. The predicted octanol–water partition coefficient (Wildman–Crippen LogP) is 0.392. The number of aryl methyl sites for hydroxylation is 2. The Balaban J connectivity index is 2.62. The van der Waals surface area contributed by atoms with E-state index in [4.69, 9.17) is 5.11 Å². The van der Waals surface area contributed by atoms with E-state index in [0.29, 0.717) is 0 Å². The van der Waals surface area contributed by atoms with Crippen molar-refractivity contribution < 1.29 is 19.8 Å². The van der Waals surface area contributed by atoms with Crippen LogP contribution in [0.1, 0.15) is 30.3 Å². The highest BCUT2D eigenvalue weighted by atomic mass is 16.4. The zero-order valence-corrected chi connectivity index (χ0v) is 12.7. The summed E-state index contributed by atoms with van der Waals surface area (Å²) in [4.78, 5) is 22.2. The van der Waals surface area contributed by atoms with Crippen LogP contribution in [0.3, 0.4) is 0 Å². The van der Waals surface area contributed by atoms with E-state index >= 15 is 0 Å². The van der Waals surface area contributed by atoms with Crippen molar-refractivity contribution in [1.82, 2.24) is 15.1 Å². The summed E-state index contributed by atoms with van der Waals surface area (Å²) in [5.74, 6) is -1.52. The van der Waals surface area contributed by atoms with E-state index in [-0.39, 0.29) is 6.54 Å². The Hall–Kier alpha value is -2.15. The summed E-state index contributed by atoms with van der Waals surface area (Å²) in [6.07, 6.45) is 2.56. The normalized spacial score (nSPS) is 14.1. The fraction of sp³-hybridized carbons (Fsp3) is 0.500. The highest BCUT2D eigenvalue weighted by Crippen LogP contribution is 2.13. The largest absolute Gasteiger partial charge is 0.481 e. The quantitative estimate of drug-likeness (QED) is 0.659. The molecule has 3 N–H and O–H groups in total. The summed E-state index contributed by atoms with van der Waals surface area (Å²) in [6, 6.07) is 0. The van der Waals surface area contributed by atoms with Gasteiger partial charge in [-0.2, -0.15) is 5.10 Å². The van der Waals surface area contributed by atoms with Crippen molar-refractivity contribution in [2.24, 2.45) is 7.05 Å². The predicted molar refractivity (Wildman–Crippen MR) is 77.6 cm³/mol. The minimum atomic E-state index is -1.48. The second-order valence-electron chi connectivity index (χ2n) is 5.33. The topological polar surface area (TPSA) is 104 Å². The number of amides is 1. The lowest BCUT2D eigenvalue weighted by Crippen LogP contribution is -2.41. The summed E-state index contributed by atoms with van der Waals surface area (Å²) in [5, 5.41) is 25.1. The van der Waals surface area contributed by atoms with Gasteiger partial charge in [-0.05, 0) is 26.8 Å². The van der Waals surface area contributed by atoms with Crippen molar-refractivity contribution >= 4 is 18.0 Å². The molecule has 0 aliphatic rings. The standard InChI is InChI=1S/C14H21N3O4/c1-9-11(10(2)17(4)16-9)5-6-12(18)15-8-14(3,21)7-13(19)20/h5-6,21H,7-8H2,1-4H3,(H,15,18)(H,19,20). The molecule has 0 bridgehead atoms. The SMILES string of the molecule is Cc1nn(C)c(C)c1C=CC(=O)NCC(C)(O)CC(=O)O. The summed E-state index contributed by atoms with van der Waals surface area (Å²) in [5.41, 5.74) is 1.14. The summed E-state index contributed by atoms with van der Waals surface area (Å²) < 4.78 is 1.73. The molecule has 1 heterocycles. The molecule has 1 rings (SSSR count). The van der Waals surface area contributed by atoms with E-state index in [9.17, 15) is 14.7 Å². The fourth-order valence-electron chi connectivity index (χ4n) is 1.91. The van der Waals surface area contributed by atoms with Crippen molar-refractivity contribution in [3.05, 3.63) is 23.0 Å². The lowest BCUT2D eigenvalue weighted by atomic mass is 10.0. The number of aliphatic carboxylic acids is 1. The van der Waals surface area contributed by atoms with E-state index in [1.54, 1.807) is 10.8 Å². The monoisotopic (exact) mass is 295 g/mol. The van der Waals surface area contributed by atoms with Gasteiger partial charge < -0.3 is 15.5 Å². The van der Waals surface area contributed by atoms with E-state index in [1.807, 2.05) is 20.9 Å². The summed E-state index contributed by atoms with van der Waals surface area (Å²) in [6.45, 7) is 4.98. The Labute approximate surface area is 123 Å². The lowest BCUT2D eigenvalue weighted by Gasteiger charge is -2.20. The molecule has 1 aromatic rings. The molecule has 1 aromatic heterocycles. The zero-order valence-electron chi connectivity index (χ0n) is 12.7. The maximum absolute atomic E-state index is 11.7. The number of aliphatic hydroxyl groups is 1. The number of carbonyl (C=O) groups is 2. The third kappa shape index (κ3) is 5.03. The fourth-order valence-corrected chi connectivity index (χ4v) is 1.91. The van der Waals surface area contributed by atoms with Crippen LogP contribution in [-0.2, 0) is 16.6 Å². The number of carboxylic acids is 1. The molecule has 0 spiro atoms. The van der Waals surface area contributed by atoms with Gasteiger partial charge >= 0.3 is 5.97 Å². The van der Waals surface area contributed by atoms with Crippen LogP contribution in [-0.4, -0.2) is 44.0 Å². The Kier molecular flexibility index (Phi) is 5.26. The van der Waals surface area contributed by atoms with Gasteiger partial charge in [-0.1, -0.05) is 0 Å². The third-order valence-electron chi connectivity index (χ3n) is 3.14. The third-order valence-corrected chi connectivity index (χ3v) is 3.14. The van der Waals surface area contributed by atoms with Crippen LogP contribution in [0, 0.1) is 13.8 Å². The van der Waals surface area contributed by atoms with E-state index in [2.05, 4.69) is 10.4 Å². The number of hydrogen-bond donors (Lipinski definition) is 3. The van der Waals surface area contributed by atoms with E-state index in [1.165, 1.54) is 13.0 Å². The molecule has 21 heavy (non-hydrogen) atoms. The molecule has 0 fully saturated rings. The van der Waals surface area contributed by atoms with Crippen LogP contribution in [0.2, 0.25) is 0 Å². The van der Waals surface area contributed by atoms with Crippen molar-refractivity contribution in [3.63, 3.8) is 0 Å². The highest BCUT2D eigenvalue weighted by Gasteiger charge is 2.24. The molecule has 7 nitrogen and oxygen atoms in total. The van der Waals surface area contributed by atoms with Crippen LogP contribution in [0.25, 0.3) is 6.08 Å². The maximum Gasteiger partial charge on any atom is 0.306 e. The van der Waals surface area contributed by atoms with Gasteiger partial charge in [-0.25, -0.2) is 0 Å². The summed E-state index contributed by atoms with van der Waals surface area (Å²) >= 11 is 0. The molecule has 0 radical (unpaired) electrons. The maximum atomic E-state index is 11.7. The van der Waals surface area contributed by atoms with Crippen LogP contribution in [0.15, 0.2) is 6.08 Å². The molecular weight excluding hydrogens is 274 g/mol. The number of carboxylic acid groups (broad SMARTS) is 1. The van der Waals surface area contributed by atoms with Gasteiger partial charge in [0.1, 0.15) is 0 Å². The van der Waals surface area contributed by atoms with Gasteiger partial charge in [0.05, 0.1) is 17.7 Å². The van der Waals surface area contributed by atoms with Gasteiger partial charge in [0, 0.05) is 30.9 Å². The number of aromatic nitrogens is 2. The second-order valence-corrected chi connectivity index (χ2v) is 5.33. The number of nitrogens with zero attached hydrogens (tertiary/aromatic N) is 2. The molecule has 0 aromatic carbocycles. The molecule has 0 saturated heterocycles. The molecule has 1 unspecified atom stereocenters. The minimum absolute atomic E-state index is 0.131. The Morgan fingerprint density at radius 2 is 2.05 bits per heavy atom. The second kappa shape index (κ2) is 6.53. The first-order valence-electron chi connectivity index (χ1n) is 6.52. The van der Waals surface area contributed by atoms with E-state index in [0.717, 1.165) is 17.0 Å². The Morgan fingerprint density at radius 3 is 2.52 bits per heavy atom. The molecule has 7 heteroatoms. The summed E-state index contributed by atoms with van der Waals surface area (Å²) in [7, 11) is 1.82. The number of hydrogen-bond acceptors (Lipinski definition) is 4. The zero-order chi connectivity index (χ0) is 16.2. The number of nitrogens with one attached hydrogen (secondary N) is 1. The van der Waals surface area contributed by atoms with Crippen LogP contribution in [0.4, 0.5) is 0 Å². The molecular formula is C14H21N3O4. The van der Waals surface area contributed by atoms with Crippen molar-refractivity contribution in [2.75, 3.05) is 6.54 Å². The first-order chi connectivity index (χ1) is 9.62. The number of carbonyl (C=O) groups excluding carboxylic acids is 1. The Morgan fingerprint density at radius 1 is 1.43 bits per heavy atom. The first-order valence-corrected chi connectivity index (χ1v) is 6.52. The Bertz CT molecular complexity index is 573. The molecule has 1 atom stereocenters. The number of rotatable bonds is 6. The minimum Gasteiger partial charge on any atom is -0.481 e. The molecule has 0 aliphatic heterocycles. The van der Waals surface area contributed by atoms with Crippen molar-refractivity contribution in [2.45, 2.75) is 32.8 Å². The van der Waals surface area contributed by atoms with Crippen molar-refractivity contribution in [1.29, 1.82) is 0 Å². The molecule has 0 aliphatic carbocycles. The lowest BCUT2D eigenvalue weighted by molar-refractivity contribution is -0.142. The van der Waals surface area contributed by atoms with Crippen LogP contribution >= 0.6 is 0 Å². The van der Waals surface area contributed by atoms with Gasteiger partial charge in [-0.15, -0.1) is 0 Å². The van der Waals surface area contributed by atoms with Crippen molar-refractivity contribution in [3.8, 4) is 0 Å². The van der Waals surface area contributed by atoms with E-state index < -0.39 is 23.9 Å². The van der Waals surface area contributed by atoms with Crippen LogP contribution in [0.5, 0.6) is 0 Å². The van der Waals surface area contributed by atoms with Gasteiger partial charge in [-0.3, -0.25) is 14.3 Å². The van der Waals surface area contributed by atoms with Gasteiger partial charge in [0.25, 0.3) is 0 Å². The molecule has 116 valence electrons.